The number of urea groups is 1. The SMILES string of the molecule is COc1ccc2c(c1)[C@@H]1C[C@](C)(O2)N(c2ccc(C)c(C)c2)C(=O)N1. The van der Waals surface area contributed by atoms with E-state index in [0.29, 0.717) is 6.42 Å². The van der Waals surface area contributed by atoms with Gasteiger partial charge in [0.25, 0.3) is 0 Å². The van der Waals surface area contributed by atoms with Crippen LogP contribution in [0, 0.1) is 13.8 Å². The number of nitrogens with one attached hydrogen (secondary N) is 1. The first-order valence-electron chi connectivity index (χ1n) is 8.46. The fourth-order valence-corrected chi connectivity index (χ4v) is 3.74. The highest BCUT2D eigenvalue weighted by molar-refractivity contribution is 5.95. The van der Waals surface area contributed by atoms with Crippen molar-refractivity contribution in [1.29, 1.82) is 0 Å². The number of rotatable bonds is 2. The minimum atomic E-state index is -0.726. The minimum absolute atomic E-state index is 0.0841. The van der Waals surface area contributed by atoms with Crippen molar-refractivity contribution in [2.24, 2.45) is 0 Å². The standard InChI is InChI=1S/C20H22N2O3/c1-12-5-6-14(9-13(12)2)22-19(23)21-17-11-20(22,3)25-18-8-7-15(24-4)10-16(17)18/h5-10,17H,11H2,1-4H3,(H,21,23)/t17-,20-/m0/s1. The summed E-state index contributed by atoms with van der Waals surface area (Å²) in [5, 5.41) is 3.11. The number of benzene rings is 2. The first kappa shape index (κ1) is 15.8. The predicted molar refractivity (Wildman–Crippen MR) is 96.3 cm³/mol. The van der Waals surface area contributed by atoms with Crippen LogP contribution >= 0.6 is 0 Å². The number of hydrogen-bond acceptors (Lipinski definition) is 3. The molecule has 4 rings (SSSR count). The van der Waals surface area contributed by atoms with E-state index in [1.807, 2.05) is 43.3 Å². The van der Waals surface area contributed by atoms with Gasteiger partial charge in [0.1, 0.15) is 11.5 Å². The van der Waals surface area contributed by atoms with Crippen LogP contribution in [0.4, 0.5) is 10.5 Å². The number of amides is 2. The Bertz CT molecular complexity index is 864. The van der Waals surface area contributed by atoms with E-state index < -0.39 is 5.72 Å². The van der Waals surface area contributed by atoms with E-state index in [9.17, 15) is 4.79 Å². The third kappa shape index (κ3) is 2.42. The number of aryl methyl sites for hydroxylation is 2. The lowest BCUT2D eigenvalue weighted by molar-refractivity contribution is 0.0377. The average molecular weight is 338 g/mol. The highest BCUT2D eigenvalue weighted by Gasteiger charge is 2.49. The van der Waals surface area contributed by atoms with Gasteiger partial charge in [-0.25, -0.2) is 4.79 Å². The molecule has 1 fully saturated rings. The van der Waals surface area contributed by atoms with Crippen molar-refractivity contribution in [2.45, 2.75) is 39.0 Å². The van der Waals surface area contributed by atoms with E-state index in [1.54, 1.807) is 12.0 Å². The highest BCUT2D eigenvalue weighted by Crippen LogP contribution is 2.46. The summed E-state index contributed by atoms with van der Waals surface area (Å²) < 4.78 is 11.6. The van der Waals surface area contributed by atoms with Gasteiger partial charge in [0, 0.05) is 17.7 Å². The van der Waals surface area contributed by atoms with Crippen molar-refractivity contribution in [3.05, 3.63) is 53.1 Å². The van der Waals surface area contributed by atoms with Gasteiger partial charge in [0.15, 0.2) is 5.72 Å². The van der Waals surface area contributed by atoms with Crippen molar-refractivity contribution < 1.29 is 14.3 Å². The number of carbonyl (C=O) groups excluding carboxylic acids is 1. The Morgan fingerprint density at radius 1 is 1.20 bits per heavy atom. The van der Waals surface area contributed by atoms with Crippen LogP contribution in [0.1, 0.15) is 36.1 Å². The van der Waals surface area contributed by atoms with E-state index in [1.165, 1.54) is 5.56 Å². The zero-order chi connectivity index (χ0) is 17.8. The van der Waals surface area contributed by atoms with Crippen LogP contribution in [0.15, 0.2) is 36.4 Å². The fraction of sp³-hybridized carbons (Fsp3) is 0.350. The number of anilines is 1. The number of fused-ring (bicyclic) bond motifs is 4. The van der Waals surface area contributed by atoms with Crippen LogP contribution in [0.25, 0.3) is 0 Å². The third-order valence-corrected chi connectivity index (χ3v) is 5.23. The maximum Gasteiger partial charge on any atom is 0.325 e. The van der Waals surface area contributed by atoms with Crippen molar-refractivity contribution in [3.8, 4) is 11.5 Å². The van der Waals surface area contributed by atoms with Gasteiger partial charge in [-0.3, -0.25) is 4.90 Å². The molecule has 2 aromatic carbocycles. The predicted octanol–water partition coefficient (Wildman–Crippen LogP) is 4.08. The summed E-state index contributed by atoms with van der Waals surface area (Å²) in [6, 6.07) is 11.5. The molecule has 0 radical (unpaired) electrons. The molecule has 2 heterocycles. The Balaban J connectivity index is 1.78. The number of ether oxygens (including phenoxy) is 2. The normalized spacial score (nSPS) is 24.2. The Morgan fingerprint density at radius 2 is 2.00 bits per heavy atom. The summed E-state index contributed by atoms with van der Waals surface area (Å²) in [5.74, 6) is 1.55. The summed E-state index contributed by atoms with van der Waals surface area (Å²) in [7, 11) is 1.64. The number of methoxy groups -OCH3 is 1. The molecule has 2 amide bonds. The smallest absolute Gasteiger partial charge is 0.325 e. The maximum atomic E-state index is 12.9. The molecule has 2 aromatic rings. The molecule has 2 atom stereocenters. The molecule has 1 N–H and O–H groups in total. The van der Waals surface area contributed by atoms with E-state index in [2.05, 4.69) is 19.2 Å². The van der Waals surface area contributed by atoms with E-state index in [-0.39, 0.29) is 12.1 Å². The molecule has 0 spiro atoms. The van der Waals surface area contributed by atoms with Gasteiger partial charge in [-0.05, 0) is 62.2 Å². The monoisotopic (exact) mass is 338 g/mol. The van der Waals surface area contributed by atoms with Crippen LogP contribution in [-0.2, 0) is 0 Å². The lowest BCUT2D eigenvalue weighted by atomic mass is 9.90. The molecule has 0 aromatic heterocycles. The lowest BCUT2D eigenvalue weighted by Gasteiger charge is -2.50. The Hall–Kier alpha value is -2.69. The Labute approximate surface area is 147 Å². The molecule has 25 heavy (non-hydrogen) atoms. The number of hydrogen-bond donors (Lipinski definition) is 1. The zero-order valence-electron chi connectivity index (χ0n) is 14.9. The first-order chi connectivity index (χ1) is 11.9. The van der Waals surface area contributed by atoms with Crippen LogP contribution in [-0.4, -0.2) is 18.9 Å². The Kier molecular flexibility index (Phi) is 3.42. The molecular formula is C20H22N2O3. The molecule has 2 bridgehead atoms. The molecule has 5 nitrogen and oxygen atoms in total. The van der Waals surface area contributed by atoms with Gasteiger partial charge in [-0.2, -0.15) is 0 Å². The molecule has 0 aliphatic carbocycles. The van der Waals surface area contributed by atoms with Gasteiger partial charge in [-0.1, -0.05) is 6.07 Å². The summed E-state index contributed by atoms with van der Waals surface area (Å²) in [5.41, 5.74) is 3.43. The van der Waals surface area contributed by atoms with Gasteiger partial charge < -0.3 is 14.8 Å². The second kappa shape index (κ2) is 5.41. The molecule has 0 saturated carbocycles. The first-order valence-corrected chi connectivity index (χ1v) is 8.46. The summed E-state index contributed by atoms with van der Waals surface area (Å²) in [6.45, 7) is 6.09. The van der Waals surface area contributed by atoms with Crippen LogP contribution in [0.2, 0.25) is 0 Å². The van der Waals surface area contributed by atoms with Gasteiger partial charge in [-0.15, -0.1) is 0 Å². The number of nitrogens with zero attached hydrogens (tertiary/aromatic N) is 1. The van der Waals surface area contributed by atoms with E-state index in [4.69, 9.17) is 9.47 Å². The van der Waals surface area contributed by atoms with Gasteiger partial charge in [0.2, 0.25) is 0 Å². The second-order valence-corrected chi connectivity index (χ2v) is 6.99. The van der Waals surface area contributed by atoms with Crippen molar-refractivity contribution in [2.75, 3.05) is 12.0 Å². The molecule has 5 heteroatoms. The van der Waals surface area contributed by atoms with Crippen molar-refractivity contribution >= 4 is 11.7 Å². The maximum absolute atomic E-state index is 12.9. The van der Waals surface area contributed by atoms with Crippen LogP contribution < -0.4 is 19.7 Å². The quantitative estimate of drug-likeness (QED) is 0.897. The van der Waals surface area contributed by atoms with E-state index >= 15 is 0 Å². The second-order valence-electron chi connectivity index (χ2n) is 6.99. The van der Waals surface area contributed by atoms with E-state index in [0.717, 1.165) is 28.3 Å². The van der Waals surface area contributed by atoms with Gasteiger partial charge in [0.05, 0.1) is 13.2 Å². The molecule has 1 saturated heterocycles. The zero-order valence-corrected chi connectivity index (χ0v) is 14.9. The topological polar surface area (TPSA) is 50.8 Å². The number of carbonyl (C=O) groups is 1. The summed E-state index contributed by atoms with van der Waals surface area (Å²) in [6.07, 6.45) is 0.672. The third-order valence-electron chi connectivity index (χ3n) is 5.23. The molecule has 0 unspecified atom stereocenters. The molecule has 130 valence electrons. The summed E-state index contributed by atoms with van der Waals surface area (Å²) in [4.78, 5) is 14.6. The Morgan fingerprint density at radius 3 is 2.72 bits per heavy atom. The molecule has 2 aliphatic rings. The molecule has 2 aliphatic heterocycles. The van der Waals surface area contributed by atoms with Crippen molar-refractivity contribution in [1.82, 2.24) is 5.32 Å². The van der Waals surface area contributed by atoms with Crippen LogP contribution in [0.5, 0.6) is 11.5 Å². The van der Waals surface area contributed by atoms with Crippen LogP contribution in [0.3, 0.4) is 0 Å². The average Bonchev–Trinajstić information content (AvgIpc) is 2.57. The molecular weight excluding hydrogens is 316 g/mol. The van der Waals surface area contributed by atoms with Crippen molar-refractivity contribution in [3.63, 3.8) is 0 Å². The minimum Gasteiger partial charge on any atom is -0.497 e. The van der Waals surface area contributed by atoms with Gasteiger partial charge >= 0.3 is 6.03 Å². The fourth-order valence-electron chi connectivity index (χ4n) is 3.74. The highest BCUT2D eigenvalue weighted by atomic mass is 16.5. The summed E-state index contributed by atoms with van der Waals surface area (Å²) >= 11 is 0. The lowest BCUT2D eigenvalue weighted by Crippen LogP contribution is -2.65. The largest absolute Gasteiger partial charge is 0.497 e.